The molecule has 0 radical (unpaired) electrons. The van der Waals surface area contributed by atoms with Gasteiger partial charge in [0, 0.05) is 30.1 Å². The first kappa shape index (κ1) is 18.6. The minimum absolute atomic E-state index is 0.199. The van der Waals surface area contributed by atoms with E-state index in [1.807, 2.05) is 36.4 Å². The molecule has 146 valence electrons. The lowest BCUT2D eigenvalue weighted by Gasteiger charge is -2.29. The Labute approximate surface area is 165 Å². The molecular formula is C23H26N2O3. The van der Waals surface area contributed by atoms with Gasteiger partial charge in [0.25, 0.3) is 0 Å². The summed E-state index contributed by atoms with van der Waals surface area (Å²) < 4.78 is 17.3. The summed E-state index contributed by atoms with van der Waals surface area (Å²) in [5.74, 6) is 2.05. The van der Waals surface area contributed by atoms with Gasteiger partial charge in [0.05, 0.1) is 19.9 Å². The fourth-order valence-corrected chi connectivity index (χ4v) is 3.70. The zero-order valence-corrected chi connectivity index (χ0v) is 16.6. The van der Waals surface area contributed by atoms with E-state index in [1.165, 1.54) is 0 Å². The molecule has 3 aromatic rings. The topological polar surface area (TPSA) is 43.8 Å². The molecule has 1 fully saturated rings. The van der Waals surface area contributed by atoms with E-state index in [4.69, 9.17) is 19.2 Å². The van der Waals surface area contributed by atoms with E-state index < -0.39 is 0 Å². The van der Waals surface area contributed by atoms with E-state index in [2.05, 4.69) is 24.1 Å². The van der Waals surface area contributed by atoms with Gasteiger partial charge in [-0.05, 0) is 37.4 Å². The van der Waals surface area contributed by atoms with Gasteiger partial charge >= 0.3 is 0 Å². The van der Waals surface area contributed by atoms with Crippen LogP contribution >= 0.6 is 0 Å². The summed E-state index contributed by atoms with van der Waals surface area (Å²) in [7, 11) is 5.45. The summed E-state index contributed by atoms with van der Waals surface area (Å²) in [6.07, 6.45) is 2.23. The Morgan fingerprint density at radius 2 is 1.61 bits per heavy atom. The summed E-state index contributed by atoms with van der Waals surface area (Å²) >= 11 is 0. The number of likely N-dealkylation sites (tertiary alicyclic amines) is 1. The molecule has 1 aromatic heterocycles. The van der Waals surface area contributed by atoms with Crippen LogP contribution in [-0.4, -0.2) is 50.3 Å². The van der Waals surface area contributed by atoms with E-state index in [-0.39, 0.29) is 6.10 Å². The van der Waals surface area contributed by atoms with Crippen LogP contribution in [-0.2, 0) is 0 Å². The van der Waals surface area contributed by atoms with Crippen molar-refractivity contribution in [2.24, 2.45) is 0 Å². The third-order valence-corrected chi connectivity index (χ3v) is 5.31. The highest BCUT2D eigenvalue weighted by Crippen LogP contribution is 2.38. The number of aromatic nitrogens is 1. The molecule has 5 heteroatoms. The number of piperidine rings is 1. The van der Waals surface area contributed by atoms with Gasteiger partial charge in [-0.15, -0.1) is 0 Å². The molecule has 1 aliphatic heterocycles. The molecule has 0 amide bonds. The predicted octanol–water partition coefficient (Wildman–Crippen LogP) is 4.39. The van der Waals surface area contributed by atoms with Gasteiger partial charge in [0.1, 0.15) is 6.10 Å². The Balaban J connectivity index is 1.80. The van der Waals surface area contributed by atoms with Crippen LogP contribution in [0.25, 0.3) is 22.0 Å². The van der Waals surface area contributed by atoms with Crippen LogP contribution < -0.4 is 14.2 Å². The van der Waals surface area contributed by atoms with E-state index in [1.54, 1.807) is 14.2 Å². The van der Waals surface area contributed by atoms with Gasteiger partial charge < -0.3 is 19.1 Å². The van der Waals surface area contributed by atoms with E-state index in [0.29, 0.717) is 17.4 Å². The molecule has 4 rings (SSSR count). The maximum atomic E-state index is 6.29. The molecular weight excluding hydrogens is 352 g/mol. The Morgan fingerprint density at radius 3 is 2.29 bits per heavy atom. The van der Waals surface area contributed by atoms with E-state index in [9.17, 15) is 0 Å². The third kappa shape index (κ3) is 3.76. The lowest BCUT2D eigenvalue weighted by molar-refractivity contribution is 0.110. The number of hydrogen-bond acceptors (Lipinski definition) is 5. The molecule has 0 unspecified atom stereocenters. The summed E-state index contributed by atoms with van der Waals surface area (Å²) in [6.45, 7) is 2.10. The number of fused-ring (bicyclic) bond motifs is 1. The largest absolute Gasteiger partial charge is 0.493 e. The van der Waals surface area contributed by atoms with Crippen molar-refractivity contribution < 1.29 is 14.2 Å². The Kier molecular flexibility index (Phi) is 5.35. The quantitative estimate of drug-likeness (QED) is 0.659. The van der Waals surface area contributed by atoms with Gasteiger partial charge in [-0.3, -0.25) is 0 Å². The SMILES string of the molecule is COc1cc2cc(OC3CCN(C)CC3)nc(-c3ccccc3)c2cc1OC. The second-order valence-electron chi connectivity index (χ2n) is 7.22. The van der Waals surface area contributed by atoms with Crippen LogP contribution in [0, 0.1) is 0 Å². The maximum Gasteiger partial charge on any atom is 0.214 e. The zero-order valence-electron chi connectivity index (χ0n) is 16.6. The molecule has 1 aliphatic rings. The van der Waals surface area contributed by atoms with Gasteiger partial charge in [-0.1, -0.05) is 30.3 Å². The number of hydrogen-bond donors (Lipinski definition) is 0. The van der Waals surface area contributed by atoms with E-state index in [0.717, 1.165) is 48.0 Å². The van der Waals surface area contributed by atoms with Crippen molar-refractivity contribution in [2.75, 3.05) is 34.4 Å². The first-order valence-corrected chi connectivity index (χ1v) is 9.65. The summed E-state index contributed by atoms with van der Waals surface area (Å²) in [4.78, 5) is 7.22. The molecule has 2 heterocycles. The van der Waals surface area contributed by atoms with Crippen molar-refractivity contribution in [1.29, 1.82) is 0 Å². The first-order chi connectivity index (χ1) is 13.7. The molecule has 5 nitrogen and oxygen atoms in total. The molecule has 0 aliphatic carbocycles. The lowest BCUT2D eigenvalue weighted by atomic mass is 10.0. The summed E-state index contributed by atoms with van der Waals surface area (Å²) in [5, 5.41) is 2.04. The molecule has 1 saturated heterocycles. The fraction of sp³-hybridized carbons (Fsp3) is 0.348. The monoisotopic (exact) mass is 378 g/mol. The average molecular weight is 378 g/mol. The molecule has 0 bridgehead atoms. The Hall–Kier alpha value is -2.79. The third-order valence-electron chi connectivity index (χ3n) is 5.31. The van der Waals surface area contributed by atoms with Crippen molar-refractivity contribution in [3.8, 4) is 28.6 Å². The molecule has 2 aromatic carbocycles. The highest BCUT2D eigenvalue weighted by molar-refractivity contribution is 5.97. The second kappa shape index (κ2) is 8.07. The average Bonchev–Trinajstić information content (AvgIpc) is 2.74. The van der Waals surface area contributed by atoms with Crippen molar-refractivity contribution in [1.82, 2.24) is 9.88 Å². The van der Waals surface area contributed by atoms with Crippen LogP contribution in [0.3, 0.4) is 0 Å². The van der Waals surface area contributed by atoms with Gasteiger partial charge in [0.15, 0.2) is 11.5 Å². The number of methoxy groups -OCH3 is 2. The second-order valence-corrected chi connectivity index (χ2v) is 7.22. The molecule has 0 spiro atoms. The summed E-state index contributed by atoms with van der Waals surface area (Å²) in [5.41, 5.74) is 1.94. The van der Waals surface area contributed by atoms with Crippen LogP contribution in [0.1, 0.15) is 12.8 Å². The van der Waals surface area contributed by atoms with Crippen molar-refractivity contribution in [3.63, 3.8) is 0 Å². The number of ether oxygens (including phenoxy) is 3. The van der Waals surface area contributed by atoms with Crippen LogP contribution in [0.5, 0.6) is 17.4 Å². The van der Waals surface area contributed by atoms with E-state index >= 15 is 0 Å². The highest BCUT2D eigenvalue weighted by atomic mass is 16.5. The van der Waals surface area contributed by atoms with Gasteiger partial charge in [-0.25, -0.2) is 4.98 Å². The minimum atomic E-state index is 0.199. The number of pyridine rings is 1. The zero-order chi connectivity index (χ0) is 19.5. The van der Waals surface area contributed by atoms with Crippen molar-refractivity contribution in [2.45, 2.75) is 18.9 Å². The van der Waals surface area contributed by atoms with Gasteiger partial charge in [0.2, 0.25) is 5.88 Å². The van der Waals surface area contributed by atoms with Crippen molar-refractivity contribution >= 4 is 10.8 Å². The Morgan fingerprint density at radius 1 is 0.929 bits per heavy atom. The van der Waals surface area contributed by atoms with Crippen molar-refractivity contribution in [3.05, 3.63) is 48.5 Å². The standard InChI is InChI=1S/C23H26N2O3/c1-25-11-9-18(10-12-25)28-22-14-17-13-20(26-2)21(27-3)15-19(17)23(24-22)16-7-5-4-6-8-16/h4-8,13-15,18H,9-12H2,1-3H3. The number of nitrogens with zero attached hydrogens (tertiary/aromatic N) is 2. The predicted molar refractivity (Wildman–Crippen MR) is 111 cm³/mol. The number of benzene rings is 2. The first-order valence-electron chi connectivity index (χ1n) is 9.65. The molecule has 0 N–H and O–H groups in total. The fourth-order valence-electron chi connectivity index (χ4n) is 3.70. The number of rotatable bonds is 5. The maximum absolute atomic E-state index is 6.29. The molecule has 28 heavy (non-hydrogen) atoms. The summed E-state index contributed by atoms with van der Waals surface area (Å²) in [6, 6.07) is 16.2. The van der Waals surface area contributed by atoms with Crippen LogP contribution in [0.15, 0.2) is 48.5 Å². The van der Waals surface area contributed by atoms with Gasteiger partial charge in [-0.2, -0.15) is 0 Å². The lowest BCUT2D eigenvalue weighted by Crippen LogP contribution is -2.35. The molecule has 0 saturated carbocycles. The van der Waals surface area contributed by atoms with Crippen LogP contribution in [0.4, 0.5) is 0 Å². The molecule has 0 atom stereocenters. The van der Waals surface area contributed by atoms with Crippen LogP contribution in [0.2, 0.25) is 0 Å². The minimum Gasteiger partial charge on any atom is -0.493 e. The smallest absolute Gasteiger partial charge is 0.214 e. The highest BCUT2D eigenvalue weighted by Gasteiger charge is 2.20. The Bertz CT molecular complexity index is 951. The normalized spacial score (nSPS) is 15.5.